The van der Waals surface area contributed by atoms with E-state index in [1.165, 1.54) is 154 Å². The molecule has 0 aromatic heterocycles. The summed E-state index contributed by atoms with van der Waals surface area (Å²) in [5.74, 6) is -25.6. The van der Waals surface area contributed by atoms with E-state index in [0.717, 1.165) is 53.3 Å². The minimum absolute atomic E-state index is 0.912. The molecule has 0 bridgehead atoms. The maximum absolute atomic E-state index is 13.9. The number of alkyl halides is 8. The number of halogens is 16. The summed E-state index contributed by atoms with van der Waals surface area (Å²) in [4.78, 5) is 0. The van der Waals surface area contributed by atoms with Crippen molar-refractivity contribution in [1.82, 2.24) is 0 Å². The first-order valence-electron chi connectivity index (χ1n) is 32.9. The first kappa shape index (κ1) is 82.8. The third-order valence-corrected chi connectivity index (χ3v) is 25.6. The molecule has 0 fully saturated rings. The van der Waals surface area contributed by atoms with E-state index in [1.54, 1.807) is 21.1 Å². The second-order valence-electron chi connectivity index (χ2n) is 26.1. The van der Waals surface area contributed by atoms with E-state index >= 15 is 0 Å². The number of rotatable bonds is 39. The summed E-state index contributed by atoms with van der Waals surface area (Å²) in [5.41, 5.74) is -14.2. The van der Waals surface area contributed by atoms with Crippen LogP contribution in [0.15, 0.2) is 0 Å². The third kappa shape index (κ3) is 27.4. The zero-order valence-electron chi connectivity index (χ0n) is 54.7. The van der Waals surface area contributed by atoms with Crippen molar-refractivity contribution in [3.8, 4) is 11.1 Å². The molecule has 2 aromatic rings. The van der Waals surface area contributed by atoms with E-state index in [0.29, 0.717) is 0 Å². The van der Waals surface area contributed by atoms with Gasteiger partial charge in [0, 0.05) is 11.5 Å². The fourth-order valence-electron chi connectivity index (χ4n) is 13.9. The highest BCUT2D eigenvalue weighted by atomic mass is 27.2. The molecule has 1 nitrogen and oxygen atoms in total. The number of quaternary nitrogens is 1. The summed E-state index contributed by atoms with van der Waals surface area (Å²) in [6, 6.07) is 0. The lowest BCUT2D eigenvalue weighted by atomic mass is 9.88. The monoisotopic (exact) mass is 1260 g/mol. The van der Waals surface area contributed by atoms with Crippen molar-refractivity contribution >= 4 is 13.1 Å². The average Bonchev–Trinajstić information content (AvgIpc) is 1.45. The Labute approximate surface area is 506 Å². The Morgan fingerprint density at radius 2 is 0.612 bits per heavy atom. The van der Waals surface area contributed by atoms with Crippen LogP contribution in [0.4, 0.5) is 70.2 Å². The largest absolute Gasteiger partial charge is 0.458 e. The van der Waals surface area contributed by atoms with Crippen LogP contribution >= 0.6 is 0 Å². The van der Waals surface area contributed by atoms with Crippen LogP contribution in [0.3, 0.4) is 0 Å². The second-order valence-corrected chi connectivity index (χ2v) is 31.4. The highest BCUT2D eigenvalue weighted by Crippen LogP contribution is 2.54. The molecule has 2 N–H and O–H groups in total. The molecule has 0 radical (unpaired) electrons. The fraction of sp³-hybridized carbons (Fsp3) is 0.821. The highest BCUT2D eigenvalue weighted by Gasteiger charge is 2.63. The lowest BCUT2D eigenvalue weighted by molar-refractivity contribution is -0.657. The quantitative estimate of drug-likeness (QED) is 0.0297. The SMILES string of the molecule is CCCC(C)C[NH2+]CC.CCCC(CC)CCC(C)[CH2][Al-]([CH2]C(C)CCC(CC)CCC)([CH2]C(C)CCC(CC)CCC)[CH2]C(C)CCC(CC)CCC.Fc1c(F)c(F)c(-c2c(C(F)(F)F)c(F)c(F)c(F)c2C(F)(F)C(F)(F)F)c(F)c1F. The van der Waals surface area contributed by atoms with Gasteiger partial charge in [-0.3, -0.25) is 0 Å². The van der Waals surface area contributed by atoms with Crippen molar-refractivity contribution in [2.45, 2.75) is 285 Å². The van der Waals surface area contributed by atoms with E-state index in [4.69, 9.17) is 0 Å². The molecule has 2 aromatic carbocycles. The van der Waals surface area contributed by atoms with Gasteiger partial charge in [-0.1, -0.05) is 255 Å². The molecule has 0 saturated heterocycles. The van der Waals surface area contributed by atoms with Crippen molar-refractivity contribution < 1.29 is 75.6 Å². The predicted octanol–water partition coefficient (Wildman–Crippen LogP) is 24.6. The Bertz CT molecular complexity index is 1990. The molecule has 0 aliphatic heterocycles. The van der Waals surface area contributed by atoms with Crippen LogP contribution in [0.2, 0.25) is 21.1 Å². The van der Waals surface area contributed by atoms with Crippen molar-refractivity contribution in [3.05, 3.63) is 57.7 Å². The third-order valence-electron chi connectivity index (χ3n) is 18.4. The van der Waals surface area contributed by atoms with Gasteiger partial charge in [-0.25, -0.2) is 35.1 Å². The van der Waals surface area contributed by atoms with Gasteiger partial charge in [0.1, 0.15) is 18.6 Å². The molecule has 2 rings (SSSR count). The number of hydrogen-bond acceptors (Lipinski definition) is 0. The summed E-state index contributed by atoms with van der Waals surface area (Å²) in [6.45, 7) is 39.5. The van der Waals surface area contributed by atoms with Crippen molar-refractivity contribution in [2.75, 3.05) is 13.1 Å². The molecule has 0 amide bonds. The molecule has 0 spiro atoms. The van der Waals surface area contributed by atoms with E-state index < -0.39 is 100 Å². The minimum Gasteiger partial charge on any atom is -0.346 e. The molecule has 500 valence electrons. The molecular formula is C67H112AlF16N. The highest BCUT2D eigenvalue weighted by molar-refractivity contribution is 6.80. The number of nitrogens with two attached hydrogens (primary N) is 1. The summed E-state index contributed by atoms with van der Waals surface area (Å²) in [5, 5.41) is 8.98. The van der Waals surface area contributed by atoms with Crippen molar-refractivity contribution in [2.24, 2.45) is 53.3 Å². The minimum atomic E-state index is -7.10. The van der Waals surface area contributed by atoms with Gasteiger partial charge in [0.2, 0.25) is 5.82 Å². The number of hydrogen-bond donors (Lipinski definition) is 1. The van der Waals surface area contributed by atoms with Crippen LogP contribution in [0.1, 0.15) is 256 Å². The van der Waals surface area contributed by atoms with E-state index in [-0.39, 0.29) is 0 Å². The van der Waals surface area contributed by atoms with Gasteiger partial charge >= 0.3 is 18.3 Å². The van der Waals surface area contributed by atoms with Crippen LogP contribution in [0.5, 0.6) is 0 Å². The fourth-order valence-corrected chi connectivity index (χ4v) is 22.8. The number of benzene rings is 2. The molecule has 9 unspecified atom stereocenters. The Morgan fingerprint density at radius 1 is 0.329 bits per heavy atom. The Balaban J connectivity index is 0.00000151. The second kappa shape index (κ2) is 41.2. The van der Waals surface area contributed by atoms with E-state index in [9.17, 15) is 70.2 Å². The van der Waals surface area contributed by atoms with Gasteiger partial charge in [-0.2, -0.15) is 56.3 Å². The zero-order valence-corrected chi connectivity index (χ0v) is 55.9. The van der Waals surface area contributed by atoms with Crippen molar-refractivity contribution in [1.29, 1.82) is 0 Å². The lowest BCUT2D eigenvalue weighted by Gasteiger charge is -2.45. The molecule has 85 heavy (non-hydrogen) atoms. The summed E-state index contributed by atoms with van der Waals surface area (Å²) < 4.78 is 214. The standard InChI is InChI=1S/C15F16.4C11H23.C8H19N.Al/c16-5-2(6(17)10(21)12(23)9(5)20)1-3(13(24,25)15(29,30)31)7(18)11(22)8(19)4(1)14(26,27)28;4*1-5-7-11(6-2)9-8-10(3)4;1-4-6-8(3)7-9-5-2;/h;4*10-11H,3,5-9H2,1-2,4H3;8-9H,4-7H2,1-3H3;/q;;;;;;-1/p+1. The Kier molecular flexibility index (Phi) is 40.2. The first-order valence-corrected chi connectivity index (χ1v) is 36.2. The van der Waals surface area contributed by atoms with Gasteiger partial charge in [-0.15, -0.1) is 0 Å². The predicted molar refractivity (Wildman–Crippen MR) is 321 cm³/mol. The molecule has 0 aliphatic carbocycles. The summed E-state index contributed by atoms with van der Waals surface area (Å²) >= 11 is -1.85. The average molecular weight is 1260 g/mol. The lowest BCUT2D eigenvalue weighted by Crippen LogP contribution is -2.84. The normalized spacial score (nSPS) is 16.3. The van der Waals surface area contributed by atoms with Gasteiger partial charge in [-0.05, 0) is 37.0 Å². The smallest absolute Gasteiger partial charge is 0.346 e. The van der Waals surface area contributed by atoms with Crippen LogP contribution in [-0.2, 0) is 12.1 Å². The maximum atomic E-state index is 13.9. The summed E-state index contributed by atoms with van der Waals surface area (Å²) in [7, 11) is 0. The van der Waals surface area contributed by atoms with E-state index in [2.05, 4.69) is 109 Å². The molecule has 0 saturated carbocycles. The molecule has 0 heterocycles. The Morgan fingerprint density at radius 3 is 0.871 bits per heavy atom. The topological polar surface area (TPSA) is 16.6 Å². The van der Waals surface area contributed by atoms with Gasteiger partial charge in [0.25, 0.3) is 0 Å². The molecule has 18 heteroatoms. The molecule has 9 atom stereocenters. The van der Waals surface area contributed by atoms with Crippen LogP contribution in [0.25, 0.3) is 11.1 Å². The van der Waals surface area contributed by atoms with Gasteiger partial charge in [0.15, 0.2) is 40.7 Å². The zero-order chi connectivity index (χ0) is 65.6. The Hall–Kier alpha value is -2.19. The maximum Gasteiger partial charge on any atom is 0.458 e. The van der Waals surface area contributed by atoms with Crippen LogP contribution in [-0.4, -0.2) is 32.3 Å². The molecule has 0 aliphatic rings. The van der Waals surface area contributed by atoms with Gasteiger partial charge in [0.05, 0.1) is 24.2 Å². The van der Waals surface area contributed by atoms with E-state index in [1.807, 2.05) is 0 Å². The van der Waals surface area contributed by atoms with Gasteiger partial charge < -0.3 is 5.32 Å². The molecular weight excluding hydrogens is 1150 g/mol. The first-order chi connectivity index (χ1) is 39.6. The van der Waals surface area contributed by atoms with Crippen LogP contribution in [0, 0.1) is 99.8 Å². The van der Waals surface area contributed by atoms with Crippen LogP contribution < -0.4 is 5.32 Å². The summed E-state index contributed by atoms with van der Waals surface area (Å²) in [6.07, 6.45) is 17.8. The van der Waals surface area contributed by atoms with Crippen molar-refractivity contribution in [3.63, 3.8) is 0 Å².